The van der Waals surface area contributed by atoms with Gasteiger partial charge in [0.2, 0.25) is 6.04 Å². The molecule has 1 heterocycles. The molecule has 1 aromatic carbocycles. The lowest BCUT2D eigenvalue weighted by molar-refractivity contribution is -0.806. The second-order valence-corrected chi connectivity index (χ2v) is 10.1. The van der Waals surface area contributed by atoms with E-state index in [4.69, 9.17) is 9.47 Å². The number of carbonyl (C=O) groups excluding carboxylic acids is 3. The van der Waals surface area contributed by atoms with E-state index in [1.54, 1.807) is 32.9 Å². The average molecular weight is 478 g/mol. The summed E-state index contributed by atoms with van der Waals surface area (Å²) in [5.41, 5.74) is -0.142. The number of carbonyl (C=O) groups is 4. The maximum atomic E-state index is 14.0. The second-order valence-electron chi connectivity index (χ2n) is 10.1. The number of esters is 1. The monoisotopic (exact) mass is 477 g/mol. The Morgan fingerprint density at radius 3 is 2.35 bits per heavy atom. The first-order chi connectivity index (χ1) is 15.9. The van der Waals surface area contributed by atoms with E-state index in [1.165, 1.54) is 0 Å². The molecule has 0 aliphatic carbocycles. The van der Waals surface area contributed by atoms with Gasteiger partial charge in [-0.25, -0.2) is 9.59 Å². The Kier molecular flexibility index (Phi) is 9.35. The van der Waals surface area contributed by atoms with Crippen LogP contribution in [0, 0.1) is 11.8 Å². The summed E-state index contributed by atoms with van der Waals surface area (Å²) in [4.78, 5) is 52.4. The minimum Gasteiger partial charge on any atom is -0.481 e. The van der Waals surface area contributed by atoms with Crippen molar-refractivity contribution in [2.75, 3.05) is 19.6 Å². The Morgan fingerprint density at radius 2 is 1.79 bits per heavy atom. The number of carboxylic acid groups (broad SMARTS) is 1. The standard InChI is InChI=1S/C25H36N2O7/c1-17(2)13-19(14-21(28)29)22(30)27(24(32)34-25(3,4)5)12-11-26-15-20(27)23(31)33-16-18-9-7-6-8-10-18/h6-10,17,19-20,26H,11-16H2,1-5H3/p+1/t19-,20?,27+/m1/s1. The summed E-state index contributed by atoms with van der Waals surface area (Å²) in [6.07, 6.45) is -1.02. The quantitative estimate of drug-likeness (QED) is 0.433. The number of piperazine rings is 1. The summed E-state index contributed by atoms with van der Waals surface area (Å²) in [5.74, 6) is -3.41. The first-order valence-corrected chi connectivity index (χ1v) is 11.7. The molecule has 2 amide bonds. The molecule has 1 saturated heterocycles. The fraction of sp³-hybridized carbons (Fsp3) is 0.600. The Labute approximate surface area is 201 Å². The van der Waals surface area contributed by atoms with Gasteiger partial charge >= 0.3 is 23.9 Å². The first kappa shape index (κ1) is 27.5. The molecule has 0 saturated carbocycles. The van der Waals surface area contributed by atoms with E-state index in [2.05, 4.69) is 5.32 Å². The number of amides is 2. The Bertz CT molecular complexity index is 879. The molecule has 1 aliphatic rings. The van der Waals surface area contributed by atoms with Crippen LogP contribution in [0.4, 0.5) is 4.79 Å². The van der Waals surface area contributed by atoms with Crippen molar-refractivity contribution < 1.29 is 38.2 Å². The third-order valence-electron chi connectivity index (χ3n) is 5.65. The van der Waals surface area contributed by atoms with Crippen LogP contribution in [-0.2, 0) is 30.5 Å². The second kappa shape index (κ2) is 11.6. The van der Waals surface area contributed by atoms with Gasteiger partial charge in [0.05, 0.1) is 18.9 Å². The summed E-state index contributed by atoms with van der Waals surface area (Å²) in [7, 11) is 0. The van der Waals surface area contributed by atoms with Gasteiger partial charge in [-0.1, -0.05) is 44.2 Å². The van der Waals surface area contributed by atoms with Crippen LogP contribution in [0.5, 0.6) is 0 Å². The molecule has 1 unspecified atom stereocenters. The third-order valence-corrected chi connectivity index (χ3v) is 5.65. The molecule has 0 spiro atoms. The van der Waals surface area contributed by atoms with Crippen molar-refractivity contribution in [1.82, 2.24) is 5.32 Å². The molecule has 1 aromatic rings. The number of nitrogens with one attached hydrogen (secondary N) is 1. The number of rotatable bonds is 8. The maximum absolute atomic E-state index is 14.0. The highest BCUT2D eigenvalue weighted by Crippen LogP contribution is 2.30. The van der Waals surface area contributed by atoms with Crippen molar-refractivity contribution in [2.45, 2.75) is 65.7 Å². The van der Waals surface area contributed by atoms with Crippen LogP contribution in [0.3, 0.4) is 0 Å². The lowest BCUT2D eigenvalue weighted by atomic mass is 9.90. The van der Waals surface area contributed by atoms with Crippen molar-refractivity contribution in [3.05, 3.63) is 35.9 Å². The van der Waals surface area contributed by atoms with Crippen LogP contribution in [0.15, 0.2) is 30.3 Å². The van der Waals surface area contributed by atoms with Gasteiger partial charge in [-0.05, 0) is 38.7 Å². The number of aliphatic carboxylic acids is 1. The highest BCUT2D eigenvalue weighted by atomic mass is 16.6. The van der Waals surface area contributed by atoms with Crippen LogP contribution >= 0.6 is 0 Å². The van der Waals surface area contributed by atoms with Gasteiger partial charge in [0.25, 0.3) is 0 Å². The summed E-state index contributed by atoms with van der Waals surface area (Å²) < 4.78 is 10.2. The number of hydrogen-bond acceptors (Lipinski definition) is 7. The molecule has 9 heteroatoms. The summed E-state index contributed by atoms with van der Waals surface area (Å²) in [6.45, 7) is 9.07. The Hall–Kier alpha value is -2.78. The molecule has 2 N–H and O–H groups in total. The Morgan fingerprint density at radius 1 is 1.15 bits per heavy atom. The van der Waals surface area contributed by atoms with Gasteiger partial charge in [0.1, 0.15) is 18.8 Å². The zero-order chi connectivity index (χ0) is 25.5. The van der Waals surface area contributed by atoms with E-state index in [1.807, 2.05) is 32.0 Å². The van der Waals surface area contributed by atoms with Crippen LogP contribution in [0.1, 0.15) is 53.0 Å². The molecule has 0 radical (unpaired) electrons. The fourth-order valence-corrected chi connectivity index (χ4v) is 4.19. The van der Waals surface area contributed by atoms with Gasteiger partial charge in [-0.3, -0.25) is 4.79 Å². The summed E-state index contributed by atoms with van der Waals surface area (Å²) in [5, 5.41) is 12.5. The number of quaternary nitrogens is 1. The highest BCUT2D eigenvalue weighted by Gasteiger charge is 2.60. The van der Waals surface area contributed by atoms with Crippen molar-refractivity contribution in [3.8, 4) is 0 Å². The van der Waals surface area contributed by atoms with Gasteiger partial charge < -0.3 is 19.9 Å². The SMILES string of the molecule is CC(C)C[C@H](CC(=O)O)C(=O)[N@+]1(C(=O)OC(C)(C)C)CCNCC1C(=O)OCc1ccccc1. The molecule has 0 bridgehead atoms. The zero-order valence-corrected chi connectivity index (χ0v) is 20.7. The molecule has 9 nitrogen and oxygen atoms in total. The largest absolute Gasteiger partial charge is 0.524 e. The zero-order valence-electron chi connectivity index (χ0n) is 20.7. The van der Waals surface area contributed by atoms with Crippen LogP contribution < -0.4 is 5.32 Å². The number of imide groups is 1. The molecule has 2 rings (SSSR count). The first-order valence-electron chi connectivity index (χ1n) is 11.7. The number of benzene rings is 1. The van der Waals surface area contributed by atoms with E-state index in [0.29, 0.717) is 0 Å². The molecule has 1 aliphatic heterocycles. The average Bonchev–Trinajstić information content (AvgIpc) is 2.75. The van der Waals surface area contributed by atoms with Gasteiger partial charge in [0.15, 0.2) is 0 Å². The topological polar surface area (TPSA) is 119 Å². The molecular formula is C25H37N2O7+. The van der Waals surface area contributed by atoms with Crippen LogP contribution in [0.2, 0.25) is 0 Å². The van der Waals surface area contributed by atoms with Crippen molar-refractivity contribution in [2.24, 2.45) is 11.8 Å². The lowest BCUT2D eigenvalue weighted by Gasteiger charge is -2.42. The van der Waals surface area contributed by atoms with Crippen LogP contribution in [-0.4, -0.2) is 64.8 Å². The van der Waals surface area contributed by atoms with Gasteiger partial charge in [-0.2, -0.15) is 4.79 Å². The summed E-state index contributed by atoms with van der Waals surface area (Å²) in [6, 6.07) is 7.90. The third kappa shape index (κ3) is 7.11. The van der Waals surface area contributed by atoms with Crippen molar-refractivity contribution in [3.63, 3.8) is 0 Å². The molecule has 34 heavy (non-hydrogen) atoms. The highest BCUT2D eigenvalue weighted by molar-refractivity contribution is 5.90. The van der Waals surface area contributed by atoms with E-state index in [0.717, 1.165) is 5.56 Å². The molecule has 0 aromatic heterocycles. The Balaban J connectivity index is 2.47. The predicted octanol–water partition coefficient (Wildman–Crippen LogP) is 3.12. The smallest absolute Gasteiger partial charge is 0.481 e. The number of carboxylic acids is 1. The number of nitrogens with zero attached hydrogens (tertiary/aromatic N) is 1. The maximum Gasteiger partial charge on any atom is 0.524 e. The van der Waals surface area contributed by atoms with E-state index in [-0.39, 0.29) is 38.6 Å². The number of ether oxygens (including phenoxy) is 2. The summed E-state index contributed by atoms with van der Waals surface area (Å²) >= 11 is 0. The molecule has 3 atom stereocenters. The predicted molar refractivity (Wildman–Crippen MR) is 124 cm³/mol. The van der Waals surface area contributed by atoms with Crippen LogP contribution in [0.25, 0.3) is 0 Å². The fourth-order valence-electron chi connectivity index (χ4n) is 4.19. The minimum absolute atomic E-state index is 0.0107. The molecule has 1 fully saturated rings. The van der Waals surface area contributed by atoms with E-state index in [9.17, 15) is 24.3 Å². The number of hydrogen-bond donors (Lipinski definition) is 2. The van der Waals surface area contributed by atoms with Crippen molar-refractivity contribution in [1.29, 1.82) is 0 Å². The van der Waals surface area contributed by atoms with Crippen molar-refractivity contribution >= 4 is 23.9 Å². The minimum atomic E-state index is -1.19. The molecule has 188 valence electrons. The lowest BCUT2D eigenvalue weighted by Crippen LogP contribution is -2.74. The van der Waals surface area contributed by atoms with Gasteiger partial charge in [0, 0.05) is 6.54 Å². The van der Waals surface area contributed by atoms with E-state index >= 15 is 0 Å². The normalized spacial score (nSPS) is 21.5. The molecular weight excluding hydrogens is 440 g/mol. The van der Waals surface area contributed by atoms with Gasteiger partial charge in [-0.15, -0.1) is 4.48 Å². The van der Waals surface area contributed by atoms with E-state index < -0.39 is 52.4 Å².